The van der Waals surface area contributed by atoms with Crippen LogP contribution in [0.3, 0.4) is 0 Å². The molecular weight excluding hydrogens is 282 g/mol. The molecule has 1 aliphatic carbocycles. The Bertz CT molecular complexity index is 497. The van der Waals surface area contributed by atoms with Gasteiger partial charge >= 0.3 is 0 Å². The second kappa shape index (κ2) is 8.03. The maximum atomic E-state index is 12.6. The molecule has 1 aliphatic rings. The number of amides is 1. The molecule has 0 bridgehead atoms. The van der Waals surface area contributed by atoms with Gasteiger partial charge in [-0.3, -0.25) is 4.79 Å². The summed E-state index contributed by atoms with van der Waals surface area (Å²) in [5.41, 5.74) is 0.920. The van der Waals surface area contributed by atoms with Crippen LogP contribution in [0.2, 0.25) is 0 Å². The van der Waals surface area contributed by atoms with Crippen molar-refractivity contribution in [3.05, 3.63) is 23.8 Å². The highest BCUT2D eigenvalue weighted by Gasteiger charge is 2.27. The van der Waals surface area contributed by atoms with E-state index < -0.39 is 0 Å². The highest BCUT2D eigenvalue weighted by Crippen LogP contribution is 2.29. The monoisotopic (exact) mass is 307 g/mol. The van der Waals surface area contributed by atoms with Crippen molar-refractivity contribution in [2.45, 2.75) is 32.2 Å². The van der Waals surface area contributed by atoms with Crippen LogP contribution in [0, 0.1) is 5.92 Å². The standard InChI is InChI=1S/C17H25NO4/c1-21-15-8-7-14(16(11-15)22-2)12-18(9-10-19)17(20)13-5-3-4-6-13/h7-8,11,13,19H,3-6,9-10,12H2,1-2H3. The summed E-state index contributed by atoms with van der Waals surface area (Å²) in [5.74, 6) is 1.66. The van der Waals surface area contributed by atoms with Gasteiger partial charge in [0.1, 0.15) is 11.5 Å². The predicted octanol–water partition coefficient (Wildman–Crippen LogP) is 2.21. The first-order valence-electron chi connectivity index (χ1n) is 7.80. The van der Waals surface area contributed by atoms with E-state index in [0.29, 0.717) is 18.8 Å². The van der Waals surface area contributed by atoms with E-state index in [-0.39, 0.29) is 18.4 Å². The number of hydrogen-bond acceptors (Lipinski definition) is 4. The Morgan fingerprint density at radius 3 is 2.59 bits per heavy atom. The zero-order valence-electron chi connectivity index (χ0n) is 13.4. The normalized spacial score (nSPS) is 14.9. The van der Waals surface area contributed by atoms with Crippen molar-refractivity contribution in [3.63, 3.8) is 0 Å². The topological polar surface area (TPSA) is 59.0 Å². The van der Waals surface area contributed by atoms with E-state index >= 15 is 0 Å². The maximum absolute atomic E-state index is 12.6. The van der Waals surface area contributed by atoms with Crippen LogP contribution in [0.25, 0.3) is 0 Å². The first kappa shape index (κ1) is 16.6. The average molecular weight is 307 g/mol. The number of carbonyl (C=O) groups is 1. The van der Waals surface area contributed by atoms with Crippen LogP contribution in [-0.4, -0.2) is 43.3 Å². The molecule has 0 saturated heterocycles. The van der Waals surface area contributed by atoms with Crippen molar-refractivity contribution in [1.82, 2.24) is 4.90 Å². The zero-order chi connectivity index (χ0) is 15.9. The van der Waals surface area contributed by atoms with E-state index in [2.05, 4.69) is 0 Å². The number of aliphatic hydroxyl groups is 1. The van der Waals surface area contributed by atoms with Crippen molar-refractivity contribution < 1.29 is 19.4 Å². The average Bonchev–Trinajstić information content (AvgIpc) is 3.08. The number of ether oxygens (including phenoxy) is 2. The van der Waals surface area contributed by atoms with Gasteiger partial charge in [0.25, 0.3) is 0 Å². The van der Waals surface area contributed by atoms with Crippen molar-refractivity contribution in [3.8, 4) is 11.5 Å². The molecule has 1 saturated carbocycles. The molecule has 0 aliphatic heterocycles. The van der Waals surface area contributed by atoms with E-state index in [9.17, 15) is 9.90 Å². The van der Waals surface area contributed by atoms with Crippen LogP contribution >= 0.6 is 0 Å². The Labute approximate surface area is 131 Å². The van der Waals surface area contributed by atoms with E-state index in [4.69, 9.17) is 9.47 Å². The summed E-state index contributed by atoms with van der Waals surface area (Å²) in [6.45, 7) is 0.768. The molecule has 0 aromatic heterocycles. The van der Waals surface area contributed by atoms with Crippen LogP contribution < -0.4 is 9.47 Å². The number of hydrogen-bond donors (Lipinski definition) is 1. The van der Waals surface area contributed by atoms with Gasteiger partial charge in [0, 0.05) is 30.6 Å². The van der Waals surface area contributed by atoms with E-state index in [1.54, 1.807) is 19.1 Å². The Morgan fingerprint density at radius 2 is 2.00 bits per heavy atom. The van der Waals surface area contributed by atoms with E-state index in [1.807, 2.05) is 18.2 Å². The lowest BCUT2D eigenvalue weighted by atomic mass is 10.1. The highest BCUT2D eigenvalue weighted by molar-refractivity contribution is 5.79. The molecule has 122 valence electrons. The molecule has 1 fully saturated rings. The second-order valence-electron chi connectivity index (χ2n) is 5.64. The lowest BCUT2D eigenvalue weighted by Crippen LogP contribution is -2.37. The molecule has 22 heavy (non-hydrogen) atoms. The summed E-state index contributed by atoms with van der Waals surface area (Å²) < 4.78 is 10.6. The van der Waals surface area contributed by atoms with Crippen molar-refractivity contribution in [2.24, 2.45) is 5.92 Å². The fraction of sp³-hybridized carbons (Fsp3) is 0.588. The van der Waals surface area contributed by atoms with Crippen molar-refractivity contribution in [2.75, 3.05) is 27.4 Å². The van der Waals surface area contributed by atoms with Crippen LogP contribution in [0.5, 0.6) is 11.5 Å². The van der Waals surface area contributed by atoms with Crippen molar-refractivity contribution >= 4 is 5.91 Å². The number of nitrogens with zero attached hydrogens (tertiary/aromatic N) is 1. The summed E-state index contributed by atoms with van der Waals surface area (Å²) in [7, 11) is 3.21. The Balaban J connectivity index is 2.14. The number of benzene rings is 1. The smallest absolute Gasteiger partial charge is 0.226 e. The molecule has 1 aromatic carbocycles. The van der Waals surface area contributed by atoms with Gasteiger partial charge in [-0.05, 0) is 25.0 Å². The number of aliphatic hydroxyl groups excluding tert-OH is 1. The van der Waals surface area contributed by atoms with Crippen molar-refractivity contribution in [1.29, 1.82) is 0 Å². The fourth-order valence-electron chi connectivity index (χ4n) is 3.01. The summed E-state index contributed by atoms with van der Waals surface area (Å²) in [6, 6.07) is 5.57. The largest absolute Gasteiger partial charge is 0.497 e. The minimum absolute atomic E-state index is 0.0308. The lowest BCUT2D eigenvalue weighted by Gasteiger charge is -2.26. The van der Waals surface area contributed by atoms with Gasteiger partial charge in [0.2, 0.25) is 5.91 Å². The summed E-state index contributed by atoms with van der Waals surface area (Å²) >= 11 is 0. The summed E-state index contributed by atoms with van der Waals surface area (Å²) in [4.78, 5) is 14.3. The SMILES string of the molecule is COc1ccc(CN(CCO)C(=O)C2CCCC2)c(OC)c1. The molecule has 0 atom stereocenters. The van der Waals surface area contributed by atoms with Crippen LogP contribution in [0.4, 0.5) is 0 Å². The van der Waals surface area contributed by atoms with Gasteiger partial charge in [-0.1, -0.05) is 12.8 Å². The third kappa shape index (κ3) is 3.91. The minimum atomic E-state index is -0.0308. The molecule has 0 spiro atoms. The van der Waals surface area contributed by atoms with E-state index in [1.165, 1.54) is 0 Å². The molecule has 5 heteroatoms. The number of carbonyl (C=O) groups excluding carboxylic acids is 1. The molecular formula is C17H25NO4. The maximum Gasteiger partial charge on any atom is 0.226 e. The van der Waals surface area contributed by atoms with Gasteiger partial charge < -0.3 is 19.5 Å². The van der Waals surface area contributed by atoms with Gasteiger partial charge in [-0.15, -0.1) is 0 Å². The minimum Gasteiger partial charge on any atom is -0.497 e. The van der Waals surface area contributed by atoms with Crippen LogP contribution in [0.1, 0.15) is 31.2 Å². The van der Waals surface area contributed by atoms with Gasteiger partial charge in [-0.25, -0.2) is 0 Å². The van der Waals surface area contributed by atoms with E-state index in [0.717, 1.165) is 37.0 Å². The first-order chi connectivity index (χ1) is 10.7. The lowest BCUT2D eigenvalue weighted by molar-refractivity contribution is -0.136. The second-order valence-corrected chi connectivity index (χ2v) is 5.64. The Hall–Kier alpha value is -1.75. The van der Waals surface area contributed by atoms with Gasteiger partial charge in [0.05, 0.1) is 20.8 Å². The molecule has 0 heterocycles. The fourth-order valence-corrected chi connectivity index (χ4v) is 3.01. The Morgan fingerprint density at radius 1 is 1.27 bits per heavy atom. The molecule has 1 aromatic rings. The summed E-state index contributed by atoms with van der Waals surface area (Å²) in [5, 5.41) is 9.27. The first-order valence-corrected chi connectivity index (χ1v) is 7.80. The Kier molecular flexibility index (Phi) is 6.07. The molecule has 0 radical (unpaired) electrons. The van der Waals surface area contributed by atoms with Crippen LogP contribution in [-0.2, 0) is 11.3 Å². The van der Waals surface area contributed by atoms with Crippen LogP contribution in [0.15, 0.2) is 18.2 Å². The predicted molar refractivity (Wildman–Crippen MR) is 84.0 cm³/mol. The molecule has 1 amide bonds. The summed E-state index contributed by atoms with van der Waals surface area (Å²) in [6.07, 6.45) is 4.16. The molecule has 1 N–H and O–H groups in total. The zero-order valence-corrected chi connectivity index (χ0v) is 13.4. The molecule has 2 rings (SSSR count). The number of methoxy groups -OCH3 is 2. The van der Waals surface area contributed by atoms with Gasteiger partial charge in [-0.2, -0.15) is 0 Å². The third-order valence-electron chi connectivity index (χ3n) is 4.24. The highest BCUT2D eigenvalue weighted by atomic mass is 16.5. The molecule has 5 nitrogen and oxygen atoms in total. The molecule has 0 unspecified atom stereocenters. The number of rotatable bonds is 7. The third-order valence-corrected chi connectivity index (χ3v) is 4.24. The van der Waals surface area contributed by atoms with Gasteiger partial charge in [0.15, 0.2) is 0 Å². The quantitative estimate of drug-likeness (QED) is 0.839.